The number of carbonyl (C=O) groups is 3. The van der Waals surface area contributed by atoms with Crippen molar-refractivity contribution in [1.82, 2.24) is 15.2 Å². The lowest BCUT2D eigenvalue weighted by Gasteiger charge is -2.17. The van der Waals surface area contributed by atoms with Gasteiger partial charge in [0.2, 0.25) is 17.4 Å². The van der Waals surface area contributed by atoms with Crippen LogP contribution in [-0.4, -0.2) is 63.2 Å². The first-order valence-corrected chi connectivity index (χ1v) is 17.6. The molecule has 4 aromatic carbocycles. The van der Waals surface area contributed by atoms with Gasteiger partial charge in [0.1, 0.15) is 5.75 Å². The van der Waals surface area contributed by atoms with Gasteiger partial charge in [-0.05, 0) is 78.3 Å². The van der Waals surface area contributed by atoms with E-state index in [0.29, 0.717) is 73.9 Å². The summed E-state index contributed by atoms with van der Waals surface area (Å²) < 4.78 is 0. The number of pyridine rings is 1. The molecule has 3 amide bonds. The molecule has 0 unspecified atom stereocenters. The van der Waals surface area contributed by atoms with E-state index in [4.69, 9.17) is 0 Å². The minimum atomic E-state index is -1.13. The Kier molecular flexibility index (Phi) is 13.3. The summed E-state index contributed by atoms with van der Waals surface area (Å²) >= 11 is 0. The number of rotatable bonds is 17. The molecule has 5 rings (SSSR count). The first-order valence-electron chi connectivity index (χ1n) is 17.6. The standard InChI is InChI=1S/C41H45N5O7/c1-46(39(51)12-7-8-27-15-18-31(29-9-3-2-4-10-29)34(24-27)44-41(52)53)23-6-5-11-37(49)43-30-16-13-28(14-17-30)25-42-26-36(48)32-19-21-35(47)40-33(32)20-22-38(50)45-40/h2-4,9-10,13-22,24,36,42,44,47-48H,5-8,11-12,23,25-26H2,1H3,(H,43,49)(H,45,50)(H,52,53)/t36-/m0/s1. The molecule has 0 fully saturated rings. The van der Waals surface area contributed by atoms with E-state index >= 15 is 0 Å². The van der Waals surface area contributed by atoms with Crippen LogP contribution in [0.4, 0.5) is 16.2 Å². The third-order valence-electron chi connectivity index (χ3n) is 9.01. The van der Waals surface area contributed by atoms with Crippen molar-refractivity contribution in [2.75, 3.05) is 30.8 Å². The maximum atomic E-state index is 12.7. The van der Waals surface area contributed by atoms with Crippen molar-refractivity contribution in [2.45, 2.75) is 51.2 Å². The third kappa shape index (κ3) is 11.0. The van der Waals surface area contributed by atoms with Crippen molar-refractivity contribution in [3.05, 3.63) is 124 Å². The van der Waals surface area contributed by atoms with Gasteiger partial charge in [-0.2, -0.15) is 0 Å². The number of carbonyl (C=O) groups excluding carboxylic acids is 2. The molecule has 0 aliphatic rings. The van der Waals surface area contributed by atoms with Crippen molar-refractivity contribution in [3.8, 4) is 16.9 Å². The average molecular weight is 720 g/mol. The van der Waals surface area contributed by atoms with Crippen LogP contribution in [0.2, 0.25) is 0 Å². The zero-order chi connectivity index (χ0) is 37.7. The number of carboxylic acid groups (broad SMARTS) is 1. The van der Waals surface area contributed by atoms with Crippen molar-refractivity contribution in [3.63, 3.8) is 0 Å². The zero-order valence-electron chi connectivity index (χ0n) is 29.6. The lowest BCUT2D eigenvalue weighted by Crippen LogP contribution is -2.27. The van der Waals surface area contributed by atoms with Gasteiger partial charge in [-0.25, -0.2) is 4.79 Å². The number of nitrogens with one attached hydrogen (secondary N) is 4. The number of hydrogen-bond acceptors (Lipinski definition) is 7. The highest BCUT2D eigenvalue weighted by atomic mass is 16.4. The quantitative estimate of drug-likeness (QED) is 0.0538. The molecule has 0 aliphatic heterocycles. The summed E-state index contributed by atoms with van der Waals surface area (Å²) in [6.07, 6.45) is 1.27. The van der Waals surface area contributed by atoms with Gasteiger partial charge in [-0.1, -0.05) is 60.7 Å². The molecular weight excluding hydrogens is 674 g/mol. The van der Waals surface area contributed by atoms with Crippen molar-refractivity contribution in [2.24, 2.45) is 0 Å². The van der Waals surface area contributed by atoms with E-state index in [2.05, 4.69) is 20.9 Å². The van der Waals surface area contributed by atoms with Crippen LogP contribution in [0.3, 0.4) is 0 Å². The second-order valence-electron chi connectivity index (χ2n) is 13.0. The molecule has 1 aromatic heterocycles. The summed E-state index contributed by atoms with van der Waals surface area (Å²) in [5.41, 5.74) is 5.33. The molecule has 0 saturated carbocycles. The van der Waals surface area contributed by atoms with E-state index < -0.39 is 12.2 Å². The Morgan fingerprint density at radius 2 is 1.58 bits per heavy atom. The lowest BCUT2D eigenvalue weighted by molar-refractivity contribution is -0.130. The number of nitrogens with zero attached hydrogens (tertiary/aromatic N) is 1. The molecular formula is C41H45N5O7. The number of aromatic hydroxyl groups is 1. The average Bonchev–Trinajstić information content (AvgIpc) is 3.14. The largest absolute Gasteiger partial charge is 0.506 e. The maximum absolute atomic E-state index is 12.7. The normalized spacial score (nSPS) is 11.6. The van der Waals surface area contributed by atoms with Crippen molar-refractivity contribution in [1.29, 1.82) is 0 Å². The fourth-order valence-electron chi connectivity index (χ4n) is 6.17. The first-order chi connectivity index (χ1) is 25.6. The third-order valence-corrected chi connectivity index (χ3v) is 9.01. The van der Waals surface area contributed by atoms with Crippen LogP contribution in [-0.2, 0) is 22.6 Å². The van der Waals surface area contributed by atoms with Gasteiger partial charge in [-0.15, -0.1) is 0 Å². The number of H-pyrrole nitrogens is 1. The number of aryl methyl sites for hydroxylation is 1. The van der Waals surface area contributed by atoms with Gasteiger partial charge in [-0.3, -0.25) is 19.7 Å². The van der Waals surface area contributed by atoms with E-state index in [1.807, 2.05) is 72.8 Å². The van der Waals surface area contributed by atoms with E-state index in [1.54, 1.807) is 24.1 Å². The van der Waals surface area contributed by atoms with Crippen LogP contribution in [0, 0.1) is 0 Å². The smallest absolute Gasteiger partial charge is 0.409 e. The Balaban J connectivity index is 0.974. The number of benzene rings is 4. The maximum Gasteiger partial charge on any atom is 0.409 e. The second kappa shape index (κ2) is 18.5. The first kappa shape index (κ1) is 38.3. The fourth-order valence-corrected chi connectivity index (χ4v) is 6.17. The molecule has 12 nitrogen and oxygen atoms in total. The summed E-state index contributed by atoms with van der Waals surface area (Å²) in [6, 6.07) is 28.7. The Hall–Kier alpha value is -5.98. The Bertz CT molecular complexity index is 2080. The van der Waals surface area contributed by atoms with Crippen LogP contribution in [0.15, 0.2) is 102 Å². The Labute approximate surface area is 307 Å². The number of amides is 3. The van der Waals surface area contributed by atoms with Crippen LogP contribution >= 0.6 is 0 Å². The molecule has 53 heavy (non-hydrogen) atoms. The molecule has 1 atom stereocenters. The fraction of sp³-hybridized carbons (Fsp3) is 0.268. The number of aromatic nitrogens is 1. The highest BCUT2D eigenvalue weighted by Crippen LogP contribution is 2.30. The highest BCUT2D eigenvalue weighted by molar-refractivity contribution is 5.91. The van der Waals surface area contributed by atoms with E-state index in [9.17, 15) is 34.5 Å². The molecule has 1 heterocycles. The molecule has 7 N–H and O–H groups in total. The number of phenols is 1. The van der Waals surface area contributed by atoms with Crippen LogP contribution in [0.5, 0.6) is 5.75 Å². The van der Waals surface area contributed by atoms with E-state index in [1.165, 1.54) is 12.1 Å². The molecule has 12 heteroatoms. The molecule has 276 valence electrons. The molecule has 0 radical (unpaired) electrons. The summed E-state index contributed by atoms with van der Waals surface area (Å²) in [5.74, 6) is -0.144. The second-order valence-corrected chi connectivity index (χ2v) is 13.0. The summed E-state index contributed by atoms with van der Waals surface area (Å²) in [5, 5.41) is 39.4. The number of hydrogen-bond donors (Lipinski definition) is 7. The van der Waals surface area contributed by atoms with Crippen molar-refractivity contribution >= 4 is 40.2 Å². The van der Waals surface area contributed by atoms with Crippen LogP contribution in [0.25, 0.3) is 22.0 Å². The predicted octanol–water partition coefficient (Wildman–Crippen LogP) is 6.40. The highest BCUT2D eigenvalue weighted by Gasteiger charge is 2.15. The zero-order valence-corrected chi connectivity index (χ0v) is 29.6. The predicted molar refractivity (Wildman–Crippen MR) is 206 cm³/mol. The summed E-state index contributed by atoms with van der Waals surface area (Å²) in [7, 11) is 1.77. The number of aliphatic hydroxyl groups excluding tert-OH is 1. The molecule has 5 aromatic rings. The summed E-state index contributed by atoms with van der Waals surface area (Å²) in [4.78, 5) is 52.6. The Morgan fingerprint density at radius 1 is 0.830 bits per heavy atom. The van der Waals surface area contributed by atoms with Gasteiger partial charge >= 0.3 is 6.09 Å². The molecule has 0 spiro atoms. The van der Waals surface area contributed by atoms with Gasteiger partial charge in [0.05, 0.1) is 17.3 Å². The van der Waals surface area contributed by atoms with Crippen LogP contribution < -0.4 is 21.5 Å². The van der Waals surface area contributed by atoms with Gasteiger partial charge in [0.15, 0.2) is 0 Å². The molecule has 0 saturated heterocycles. The van der Waals surface area contributed by atoms with Crippen molar-refractivity contribution < 1.29 is 29.7 Å². The summed E-state index contributed by atoms with van der Waals surface area (Å²) in [6.45, 7) is 1.28. The number of anilines is 2. The number of unbranched alkanes of at least 4 members (excludes halogenated alkanes) is 1. The number of fused-ring (bicyclic) bond motifs is 1. The minimum Gasteiger partial charge on any atom is -0.506 e. The van der Waals surface area contributed by atoms with Gasteiger partial charge in [0.25, 0.3) is 0 Å². The monoisotopic (exact) mass is 719 g/mol. The van der Waals surface area contributed by atoms with Gasteiger partial charge in [0, 0.05) is 62.2 Å². The number of phenolic OH excluding ortho intramolecular Hbond substituents is 1. The number of aromatic amines is 1. The van der Waals surface area contributed by atoms with Crippen LogP contribution in [0.1, 0.15) is 54.9 Å². The lowest BCUT2D eigenvalue weighted by atomic mass is 9.99. The SMILES string of the molecule is CN(CCCCC(=O)Nc1ccc(CNC[C@H](O)c2ccc(O)c3[nH]c(=O)ccc23)cc1)C(=O)CCCc1ccc(-c2ccccc2)c(NC(=O)O)c1. The molecule has 0 bridgehead atoms. The van der Waals surface area contributed by atoms with Gasteiger partial charge < -0.3 is 35.8 Å². The topological polar surface area (TPSA) is 184 Å². The molecule has 0 aliphatic carbocycles. The minimum absolute atomic E-state index is 0.0229. The van der Waals surface area contributed by atoms with E-state index in [-0.39, 0.29) is 35.2 Å². The van der Waals surface area contributed by atoms with E-state index in [0.717, 1.165) is 22.3 Å². The number of aliphatic hydroxyl groups is 1. The Morgan fingerprint density at radius 3 is 2.34 bits per heavy atom.